The number of amides is 2. The Bertz CT molecular complexity index is 1040. The minimum absolute atomic E-state index is 0.146. The molecule has 0 spiro atoms. The number of sulfonamides is 1. The Kier molecular flexibility index (Phi) is 5.52. The quantitative estimate of drug-likeness (QED) is 0.768. The Morgan fingerprint density at radius 1 is 1.03 bits per heavy atom. The Morgan fingerprint density at radius 3 is 2.24 bits per heavy atom. The Hall–Kier alpha value is -3.07. The number of methoxy groups -OCH3 is 2. The third-order valence-corrected chi connectivity index (χ3v) is 6.39. The predicted octanol–water partition coefficient (Wildman–Crippen LogP) is 1.81. The van der Waals surface area contributed by atoms with Crippen LogP contribution in [0.2, 0.25) is 0 Å². The molecule has 1 saturated heterocycles. The summed E-state index contributed by atoms with van der Waals surface area (Å²) in [5.74, 6) is -0.497. The van der Waals surface area contributed by atoms with Crippen molar-refractivity contribution in [2.45, 2.75) is 23.8 Å². The SMILES string of the molecule is COc1ccc(S(=O)(=O)NC(=O)C2(C)CCN2C(=O)c2ccccc2)cc1OC. The molecule has 0 aliphatic carbocycles. The van der Waals surface area contributed by atoms with Crippen molar-refractivity contribution in [3.63, 3.8) is 0 Å². The molecule has 1 aliphatic rings. The van der Waals surface area contributed by atoms with E-state index in [1.165, 1.54) is 37.3 Å². The molecule has 2 aromatic rings. The zero-order chi connectivity index (χ0) is 21.2. The van der Waals surface area contributed by atoms with Gasteiger partial charge in [-0.15, -0.1) is 0 Å². The first-order valence-corrected chi connectivity index (χ1v) is 10.4. The van der Waals surface area contributed by atoms with Crippen LogP contribution in [0.15, 0.2) is 53.4 Å². The van der Waals surface area contributed by atoms with Gasteiger partial charge in [0.05, 0.1) is 19.1 Å². The fourth-order valence-corrected chi connectivity index (χ4v) is 4.22. The second kappa shape index (κ2) is 7.75. The molecule has 9 heteroatoms. The van der Waals surface area contributed by atoms with Crippen molar-refractivity contribution in [1.29, 1.82) is 0 Å². The molecule has 0 saturated carbocycles. The topological polar surface area (TPSA) is 102 Å². The van der Waals surface area contributed by atoms with E-state index in [1.807, 2.05) is 0 Å². The molecule has 29 heavy (non-hydrogen) atoms. The van der Waals surface area contributed by atoms with E-state index < -0.39 is 21.5 Å². The summed E-state index contributed by atoms with van der Waals surface area (Å²) in [6.07, 6.45) is 0.360. The monoisotopic (exact) mass is 418 g/mol. The van der Waals surface area contributed by atoms with Crippen molar-refractivity contribution >= 4 is 21.8 Å². The average Bonchev–Trinajstić information content (AvgIpc) is 2.71. The largest absolute Gasteiger partial charge is 0.493 e. The number of ether oxygens (including phenoxy) is 2. The Morgan fingerprint density at radius 2 is 1.69 bits per heavy atom. The van der Waals surface area contributed by atoms with Crippen molar-refractivity contribution in [1.82, 2.24) is 9.62 Å². The van der Waals surface area contributed by atoms with Gasteiger partial charge in [-0.1, -0.05) is 18.2 Å². The molecule has 2 aromatic carbocycles. The molecule has 1 fully saturated rings. The molecule has 1 heterocycles. The van der Waals surface area contributed by atoms with Gasteiger partial charge in [-0.3, -0.25) is 9.59 Å². The number of hydrogen-bond donors (Lipinski definition) is 1. The number of carbonyl (C=O) groups excluding carboxylic acids is 2. The molecule has 0 radical (unpaired) electrons. The van der Waals surface area contributed by atoms with Crippen LogP contribution in [-0.2, 0) is 14.8 Å². The Labute approximate surface area is 169 Å². The number of nitrogens with one attached hydrogen (secondary N) is 1. The molecular formula is C20H22N2O6S. The first kappa shape index (κ1) is 20.7. The van der Waals surface area contributed by atoms with Gasteiger partial charge in [0.2, 0.25) is 0 Å². The maximum atomic E-state index is 12.8. The lowest BCUT2D eigenvalue weighted by Crippen LogP contribution is -2.67. The zero-order valence-corrected chi connectivity index (χ0v) is 17.2. The van der Waals surface area contributed by atoms with Crippen LogP contribution in [0.1, 0.15) is 23.7 Å². The molecule has 0 aromatic heterocycles. The summed E-state index contributed by atoms with van der Waals surface area (Å²) in [6, 6.07) is 12.6. The van der Waals surface area contributed by atoms with Gasteiger partial charge in [-0.2, -0.15) is 0 Å². The Balaban J connectivity index is 1.81. The average molecular weight is 418 g/mol. The van der Waals surface area contributed by atoms with Crippen LogP contribution in [0.3, 0.4) is 0 Å². The van der Waals surface area contributed by atoms with Crippen molar-refractivity contribution in [3.8, 4) is 11.5 Å². The minimum atomic E-state index is -4.16. The summed E-state index contributed by atoms with van der Waals surface area (Å²) in [5, 5.41) is 0. The maximum absolute atomic E-state index is 12.8. The van der Waals surface area contributed by atoms with Gasteiger partial charge in [0, 0.05) is 18.2 Å². The van der Waals surface area contributed by atoms with Crippen LogP contribution in [-0.4, -0.2) is 51.4 Å². The first-order chi connectivity index (χ1) is 13.7. The molecule has 3 rings (SSSR count). The number of rotatable bonds is 6. The highest BCUT2D eigenvalue weighted by molar-refractivity contribution is 7.90. The predicted molar refractivity (Wildman–Crippen MR) is 105 cm³/mol. The molecule has 1 N–H and O–H groups in total. The van der Waals surface area contributed by atoms with E-state index in [9.17, 15) is 18.0 Å². The van der Waals surface area contributed by atoms with Gasteiger partial charge in [-0.05, 0) is 37.6 Å². The van der Waals surface area contributed by atoms with Crippen molar-refractivity contribution in [2.75, 3.05) is 20.8 Å². The first-order valence-electron chi connectivity index (χ1n) is 8.89. The van der Waals surface area contributed by atoms with E-state index in [2.05, 4.69) is 4.72 Å². The summed E-state index contributed by atoms with van der Waals surface area (Å²) < 4.78 is 37.7. The number of nitrogens with zero attached hydrogens (tertiary/aromatic N) is 1. The van der Waals surface area contributed by atoms with E-state index in [-0.39, 0.29) is 16.6 Å². The third kappa shape index (κ3) is 3.77. The van der Waals surface area contributed by atoms with E-state index in [4.69, 9.17) is 9.47 Å². The number of carbonyl (C=O) groups is 2. The van der Waals surface area contributed by atoms with Crippen LogP contribution in [0.25, 0.3) is 0 Å². The fraction of sp³-hybridized carbons (Fsp3) is 0.300. The van der Waals surface area contributed by atoms with Gasteiger partial charge >= 0.3 is 0 Å². The van der Waals surface area contributed by atoms with Gasteiger partial charge in [0.1, 0.15) is 5.54 Å². The van der Waals surface area contributed by atoms with Crippen LogP contribution < -0.4 is 14.2 Å². The molecule has 2 amide bonds. The minimum Gasteiger partial charge on any atom is -0.493 e. The molecule has 154 valence electrons. The van der Waals surface area contributed by atoms with Gasteiger partial charge in [0.25, 0.3) is 21.8 Å². The van der Waals surface area contributed by atoms with Gasteiger partial charge in [0.15, 0.2) is 11.5 Å². The normalized spacial score (nSPS) is 18.5. The van der Waals surface area contributed by atoms with Crippen LogP contribution in [0, 0.1) is 0 Å². The summed E-state index contributed by atoms with van der Waals surface area (Å²) in [7, 11) is -1.34. The third-order valence-electron chi connectivity index (χ3n) is 5.07. The summed E-state index contributed by atoms with van der Waals surface area (Å²) in [4.78, 5) is 26.8. The van der Waals surface area contributed by atoms with E-state index in [0.29, 0.717) is 24.3 Å². The fourth-order valence-electron chi connectivity index (χ4n) is 3.13. The van der Waals surface area contributed by atoms with Gasteiger partial charge in [-0.25, -0.2) is 13.1 Å². The van der Waals surface area contributed by atoms with E-state index >= 15 is 0 Å². The lowest BCUT2D eigenvalue weighted by Gasteiger charge is -2.48. The standard InChI is InChI=1S/C20H22N2O6S/c1-20(11-12-22(20)18(23)14-7-5-4-6-8-14)19(24)21-29(25,26)15-9-10-16(27-2)17(13-15)28-3/h4-10,13H,11-12H2,1-3H3,(H,21,24). The highest BCUT2D eigenvalue weighted by Crippen LogP contribution is 2.33. The summed E-state index contributed by atoms with van der Waals surface area (Å²) in [6.45, 7) is 1.92. The maximum Gasteiger partial charge on any atom is 0.264 e. The zero-order valence-electron chi connectivity index (χ0n) is 16.3. The van der Waals surface area contributed by atoms with Crippen LogP contribution in [0.5, 0.6) is 11.5 Å². The van der Waals surface area contributed by atoms with Crippen molar-refractivity contribution in [2.24, 2.45) is 0 Å². The van der Waals surface area contributed by atoms with Crippen molar-refractivity contribution in [3.05, 3.63) is 54.1 Å². The van der Waals surface area contributed by atoms with E-state index in [0.717, 1.165) is 0 Å². The molecule has 8 nitrogen and oxygen atoms in total. The molecule has 1 unspecified atom stereocenters. The molecule has 0 bridgehead atoms. The highest BCUT2D eigenvalue weighted by Gasteiger charge is 2.50. The molecule has 1 aliphatic heterocycles. The molecule has 1 atom stereocenters. The lowest BCUT2D eigenvalue weighted by molar-refractivity contribution is -0.135. The molecular weight excluding hydrogens is 396 g/mol. The summed E-state index contributed by atoms with van der Waals surface area (Å²) in [5.41, 5.74) is -0.815. The lowest BCUT2D eigenvalue weighted by atomic mass is 9.85. The van der Waals surface area contributed by atoms with Crippen LogP contribution in [0.4, 0.5) is 0 Å². The second-order valence-electron chi connectivity index (χ2n) is 6.80. The second-order valence-corrected chi connectivity index (χ2v) is 8.48. The summed E-state index contributed by atoms with van der Waals surface area (Å²) >= 11 is 0. The number of likely N-dealkylation sites (tertiary alicyclic amines) is 1. The van der Waals surface area contributed by atoms with E-state index in [1.54, 1.807) is 37.3 Å². The highest BCUT2D eigenvalue weighted by atomic mass is 32.2. The number of benzene rings is 2. The van der Waals surface area contributed by atoms with Gasteiger partial charge < -0.3 is 14.4 Å². The van der Waals surface area contributed by atoms with Crippen LogP contribution >= 0.6 is 0 Å². The number of hydrogen-bond acceptors (Lipinski definition) is 6. The van der Waals surface area contributed by atoms with Crippen molar-refractivity contribution < 1.29 is 27.5 Å². The smallest absolute Gasteiger partial charge is 0.264 e.